The Bertz CT molecular complexity index is 911. The van der Waals surface area contributed by atoms with Crippen molar-refractivity contribution in [1.29, 1.82) is 0 Å². The van der Waals surface area contributed by atoms with E-state index >= 15 is 0 Å². The van der Waals surface area contributed by atoms with Crippen molar-refractivity contribution in [3.63, 3.8) is 0 Å². The Morgan fingerprint density at radius 1 is 1.17 bits per heavy atom. The molecule has 0 amide bonds. The van der Waals surface area contributed by atoms with E-state index in [0.717, 1.165) is 47.8 Å². The van der Waals surface area contributed by atoms with Crippen LogP contribution < -0.4 is 5.56 Å². The standard InChI is InChI=1S/C17H18N4OS/c1-11-6-8-12(9-7-11)10-23-17-20-19-16-18-15(22)13-4-2-3-5-14(13)21(16)17/h6-9H,2-5,10H2,1H3,(H,18,19,22). The fourth-order valence-electron chi connectivity index (χ4n) is 3.08. The van der Waals surface area contributed by atoms with Gasteiger partial charge in [0.15, 0.2) is 5.16 Å². The lowest BCUT2D eigenvalue weighted by molar-refractivity contribution is 0.639. The molecule has 5 nitrogen and oxygen atoms in total. The molecular weight excluding hydrogens is 308 g/mol. The van der Waals surface area contributed by atoms with E-state index in [4.69, 9.17) is 0 Å². The summed E-state index contributed by atoms with van der Waals surface area (Å²) in [6.45, 7) is 2.09. The second kappa shape index (κ2) is 5.85. The largest absolute Gasteiger partial charge is 0.290 e. The van der Waals surface area contributed by atoms with Gasteiger partial charge in [0.1, 0.15) is 0 Å². The Morgan fingerprint density at radius 3 is 2.78 bits per heavy atom. The van der Waals surface area contributed by atoms with Gasteiger partial charge < -0.3 is 0 Å². The van der Waals surface area contributed by atoms with Crippen molar-refractivity contribution < 1.29 is 0 Å². The minimum Gasteiger partial charge on any atom is -0.290 e. The molecule has 4 rings (SSSR count). The number of thioether (sulfide) groups is 1. The molecule has 0 spiro atoms. The summed E-state index contributed by atoms with van der Waals surface area (Å²) >= 11 is 1.66. The molecule has 1 aromatic carbocycles. The zero-order valence-electron chi connectivity index (χ0n) is 13.0. The van der Waals surface area contributed by atoms with Crippen LogP contribution in [0.5, 0.6) is 0 Å². The van der Waals surface area contributed by atoms with Gasteiger partial charge in [-0.25, -0.2) is 0 Å². The first-order valence-electron chi connectivity index (χ1n) is 7.90. The molecule has 6 heteroatoms. The van der Waals surface area contributed by atoms with Gasteiger partial charge in [-0.1, -0.05) is 41.6 Å². The first kappa shape index (κ1) is 14.5. The van der Waals surface area contributed by atoms with Crippen LogP contribution in [-0.2, 0) is 18.6 Å². The van der Waals surface area contributed by atoms with Crippen LogP contribution in [0.2, 0.25) is 0 Å². The van der Waals surface area contributed by atoms with E-state index in [-0.39, 0.29) is 5.56 Å². The zero-order chi connectivity index (χ0) is 15.8. The SMILES string of the molecule is Cc1ccc(CSc2nnc3[nH]c(=O)c4c(n23)CCCC4)cc1. The highest BCUT2D eigenvalue weighted by Crippen LogP contribution is 2.25. The zero-order valence-corrected chi connectivity index (χ0v) is 13.8. The van der Waals surface area contributed by atoms with Crippen LogP contribution in [0, 0.1) is 6.92 Å². The van der Waals surface area contributed by atoms with Gasteiger partial charge in [-0.2, -0.15) is 0 Å². The third-order valence-electron chi connectivity index (χ3n) is 4.33. The Balaban J connectivity index is 1.70. The molecule has 2 aromatic heterocycles. The van der Waals surface area contributed by atoms with Crippen molar-refractivity contribution in [2.24, 2.45) is 0 Å². The summed E-state index contributed by atoms with van der Waals surface area (Å²) < 4.78 is 2.04. The second-order valence-corrected chi connectivity index (χ2v) is 6.94. The molecule has 0 atom stereocenters. The van der Waals surface area contributed by atoms with E-state index in [0.29, 0.717) is 5.78 Å². The molecule has 2 heterocycles. The normalized spacial score (nSPS) is 14.1. The van der Waals surface area contributed by atoms with Gasteiger partial charge in [0.05, 0.1) is 0 Å². The van der Waals surface area contributed by atoms with Crippen molar-refractivity contribution in [3.8, 4) is 0 Å². The molecule has 0 saturated carbocycles. The Hall–Kier alpha value is -2.08. The first-order valence-corrected chi connectivity index (χ1v) is 8.88. The van der Waals surface area contributed by atoms with Crippen LogP contribution >= 0.6 is 11.8 Å². The van der Waals surface area contributed by atoms with Gasteiger partial charge in [0, 0.05) is 17.0 Å². The van der Waals surface area contributed by atoms with Crippen molar-refractivity contribution in [2.45, 2.75) is 43.5 Å². The quantitative estimate of drug-likeness (QED) is 0.752. The van der Waals surface area contributed by atoms with E-state index in [1.807, 2.05) is 4.40 Å². The maximum Gasteiger partial charge on any atom is 0.255 e. The number of hydrogen-bond acceptors (Lipinski definition) is 4. The molecular formula is C17H18N4OS. The number of aromatic amines is 1. The smallest absolute Gasteiger partial charge is 0.255 e. The monoisotopic (exact) mass is 326 g/mol. The number of rotatable bonds is 3. The lowest BCUT2D eigenvalue weighted by atomic mass is 9.97. The number of H-pyrrole nitrogens is 1. The van der Waals surface area contributed by atoms with Gasteiger partial charge in [-0.05, 0) is 38.2 Å². The summed E-state index contributed by atoms with van der Waals surface area (Å²) in [5.74, 6) is 1.40. The van der Waals surface area contributed by atoms with Crippen molar-refractivity contribution in [1.82, 2.24) is 19.6 Å². The number of aromatic nitrogens is 4. The van der Waals surface area contributed by atoms with E-state index in [1.54, 1.807) is 11.8 Å². The van der Waals surface area contributed by atoms with Gasteiger partial charge in [-0.15, -0.1) is 10.2 Å². The molecule has 0 radical (unpaired) electrons. The van der Waals surface area contributed by atoms with Crippen LogP contribution in [0.4, 0.5) is 0 Å². The molecule has 1 aliphatic carbocycles. The van der Waals surface area contributed by atoms with Gasteiger partial charge >= 0.3 is 0 Å². The van der Waals surface area contributed by atoms with Gasteiger partial charge in [-0.3, -0.25) is 14.2 Å². The van der Waals surface area contributed by atoms with Gasteiger partial charge in [0.25, 0.3) is 5.56 Å². The summed E-state index contributed by atoms with van der Waals surface area (Å²) in [7, 11) is 0. The Kier molecular flexibility index (Phi) is 3.69. The highest BCUT2D eigenvalue weighted by Gasteiger charge is 2.20. The fourth-order valence-corrected chi connectivity index (χ4v) is 3.99. The fraction of sp³-hybridized carbons (Fsp3) is 0.353. The summed E-state index contributed by atoms with van der Waals surface area (Å²) in [6, 6.07) is 8.53. The molecule has 0 fully saturated rings. The minimum atomic E-state index is -0.00492. The Labute approximate surface area is 138 Å². The van der Waals surface area contributed by atoms with Crippen LogP contribution in [0.15, 0.2) is 34.2 Å². The van der Waals surface area contributed by atoms with Crippen LogP contribution in [0.1, 0.15) is 35.2 Å². The number of fused-ring (bicyclic) bond motifs is 3. The summed E-state index contributed by atoms with van der Waals surface area (Å²) in [5, 5.41) is 9.29. The predicted octanol–water partition coefficient (Wildman–Crippen LogP) is 2.90. The second-order valence-electron chi connectivity index (χ2n) is 6.00. The molecule has 1 aliphatic rings. The predicted molar refractivity (Wildman–Crippen MR) is 91.0 cm³/mol. The molecule has 3 aromatic rings. The highest BCUT2D eigenvalue weighted by molar-refractivity contribution is 7.98. The summed E-state index contributed by atoms with van der Waals surface area (Å²) in [5.41, 5.74) is 4.51. The summed E-state index contributed by atoms with van der Waals surface area (Å²) in [6.07, 6.45) is 3.97. The number of benzene rings is 1. The van der Waals surface area contributed by atoms with E-state index in [2.05, 4.69) is 46.4 Å². The van der Waals surface area contributed by atoms with Gasteiger partial charge in [0.2, 0.25) is 5.78 Å². The molecule has 0 saturated heterocycles. The van der Waals surface area contributed by atoms with Crippen LogP contribution in [-0.4, -0.2) is 19.6 Å². The third kappa shape index (κ3) is 2.67. The summed E-state index contributed by atoms with van der Waals surface area (Å²) in [4.78, 5) is 15.0. The number of hydrogen-bond donors (Lipinski definition) is 1. The lowest BCUT2D eigenvalue weighted by Crippen LogP contribution is -2.22. The Morgan fingerprint density at radius 2 is 1.96 bits per heavy atom. The van der Waals surface area contributed by atoms with Crippen molar-refractivity contribution in [2.75, 3.05) is 0 Å². The molecule has 0 unspecified atom stereocenters. The number of nitrogens with zero attached hydrogens (tertiary/aromatic N) is 3. The van der Waals surface area contributed by atoms with Crippen molar-refractivity contribution >= 4 is 17.5 Å². The topological polar surface area (TPSA) is 63.0 Å². The van der Waals surface area contributed by atoms with Crippen LogP contribution in [0.3, 0.4) is 0 Å². The number of nitrogens with one attached hydrogen (secondary N) is 1. The number of aryl methyl sites for hydroxylation is 2. The van der Waals surface area contributed by atoms with E-state index in [9.17, 15) is 4.79 Å². The van der Waals surface area contributed by atoms with E-state index in [1.165, 1.54) is 11.1 Å². The van der Waals surface area contributed by atoms with Crippen LogP contribution in [0.25, 0.3) is 5.78 Å². The molecule has 0 bridgehead atoms. The molecule has 118 valence electrons. The maximum atomic E-state index is 12.2. The highest BCUT2D eigenvalue weighted by atomic mass is 32.2. The average molecular weight is 326 g/mol. The molecule has 0 aliphatic heterocycles. The lowest BCUT2D eigenvalue weighted by Gasteiger charge is -2.16. The molecule has 1 N–H and O–H groups in total. The maximum absolute atomic E-state index is 12.2. The molecule has 23 heavy (non-hydrogen) atoms. The first-order chi connectivity index (χ1) is 11.2. The van der Waals surface area contributed by atoms with E-state index < -0.39 is 0 Å². The third-order valence-corrected chi connectivity index (χ3v) is 5.33. The average Bonchev–Trinajstić information content (AvgIpc) is 2.98. The van der Waals surface area contributed by atoms with Crippen molar-refractivity contribution in [3.05, 3.63) is 57.0 Å². The minimum absolute atomic E-state index is 0.00492.